The van der Waals surface area contributed by atoms with Crippen molar-refractivity contribution in [3.8, 4) is 29.1 Å². The first-order valence-corrected chi connectivity index (χ1v) is 10.8. The van der Waals surface area contributed by atoms with Crippen molar-refractivity contribution in [1.29, 1.82) is 5.26 Å². The normalized spacial score (nSPS) is 11.1. The highest BCUT2D eigenvalue weighted by Crippen LogP contribution is 2.27. The minimum atomic E-state index is -0.832. The van der Waals surface area contributed by atoms with Crippen LogP contribution in [0.4, 0.5) is 0 Å². The molecule has 0 aliphatic rings. The number of rotatable bonds is 7. The molecule has 0 N–H and O–H groups in total. The molecule has 0 aliphatic heterocycles. The third kappa shape index (κ3) is 5.23. The van der Waals surface area contributed by atoms with Crippen LogP contribution in [0.15, 0.2) is 87.8 Å². The number of nitrogens with zero attached hydrogens (tertiary/aromatic N) is 1. The van der Waals surface area contributed by atoms with E-state index >= 15 is 0 Å². The molecule has 0 spiro atoms. The number of hydrogen-bond donors (Lipinski definition) is 0. The molecule has 7 nitrogen and oxygen atoms in total. The summed E-state index contributed by atoms with van der Waals surface area (Å²) in [6, 6.07) is 20.5. The predicted molar refractivity (Wildman–Crippen MR) is 131 cm³/mol. The molecule has 0 bridgehead atoms. The number of hydrogen-bond acceptors (Lipinski definition) is 7. The lowest BCUT2D eigenvalue weighted by molar-refractivity contribution is -0.129. The first-order valence-electron chi connectivity index (χ1n) is 10.8. The number of methoxy groups -OCH3 is 1. The van der Waals surface area contributed by atoms with Gasteiger partial charge in [0.25, 0.3) is 0 Å². The standard InChI is InChI=1S/C28H21NO6/c1-3-19-6-4-5-7-24(19)35-26-17-33-25-15-22(12-13-23(25)27(26)30)34-28(31)20(16-29)14-18-8-10-21(32-2)11-9-18/h4-15,17H,3H2,1-2H3. The minimum absolute atomic E-state index is 0.0531. The number of carbonyl (C=O) groups is 1. The molecular weight excluding hydrogens is 446 g/mol. The number of esters is 1. The summed E-state index contributed by atoms with van der Waals surface area (Å²) >= 11 is 0. The van der Waals surface area contributed by atoms with Gasteiger partial charge in [-0.15, -0.1) is 0 Å². The van der Waals surface area contributed by atoms with Crippen LogP contribution in [0.5, 0.6) is 23.0 Å². The van der Waals surface area contributed by atoms with E-state index in [1.54, 1.807) is 37.4 Å². The van der Waals surface area contributed by atoms with Crippen LogP contribution in [0.3, 0.4) is 0 Å². The van der Waals surface area contributed by atoms with Gasteiger partial charge in [0.1, 0.15) is 40.7 Å². The lowest BCUT2D eigenvalue weighted by Crippen LogP contribution is -2.10. The monoisotopic (exact) mass is 467 g/mol. The molecule has 0 radical (unpaired) electrons. The van der Waals surface area contributed by atoms with E-state index in [0.29, 0.717) is 17.1 Å². The molecule has 0 saturated heterocycles. The number of aryl methyl sites for hydroxylation is 1. The van der Waals surface area contributed by atoms with Crippen molar-refractivity contribution >= 4 is 23.0 Å². The van der Waals surface area contributed by atoms with Crippen LogP contribution in [0.2, 0.25) is 0 Å². The van der Waals surface area contributed by atoms with Crippen LogP contribution in [0.25, 0.3) is 17.0 Å². The molecule has 7 heteroatoms. The second-order valence-corrected chi connectivity index (χ2v) is 7.48. The van der Waals surface area contributed by atoms with Crippen LogP contribution in [-0.2, 0) is 11.2 Å². The summed E-state index contributed by atoms with van der Waals surface area (Å²) in [5.41, 5.74) is 1.28. The second kappa shape index (κ2) is 10.4. The zero-order chi connectivity index (χ0) is 24.8. The third-order valence-electron chi connectivity index (χ3n) is 5.27. The number of para-hydroxylation sites is 1. The largest absolute Gasteiger partial charge is 0.497 e. The van der Waals surface area contributed by atoms with E-state index in [0.717, 1.165) is 12.0 Å². The van der Waals surface area contributed by atoms with E-state index in [2.05, 4.69) is 0 Å². The fraction of sp³-hybridized carbons (Fsp3) is 0.107. The second-order valence-electron chi connectivity index (χ2n) is 7.48. The molecule has 1 aromatic heterocycles. The number of nitriles is 1. The Hall–Kier alpha value is -4.83. The highest BCUT2D eigenvalue weighted by molar-refractivity contribution is 5.99. The summed E-state index contributed by atoms with van der Waals surface area (Å²) in [6.07, 6.45) is 3.40. The maximum absolute atomic E-state index is 12.9. The minimum Gasteiger partial charge on any atom is -0.497 e. The zero-order valence-electron chi connectivity index (χ0n) is 19.1. The lowest BCUT2D eigenvalue weighted by atomic mass is 10.1. The fourth-order valence-corrected chi connectivity index (χ4v) is 3.40. The third-order valence-corrected chi connectivity index (χ3v) is 5.27. The first kappa shape index (κ1) is 23.3. The summed E-state index contributed by atoms with van der Waals surface area (Å²) in [7, 11) is 1.55. The smallest absolute Gasteiger partial charge is 0.354 e. The highest BCUT2D eigenvalue weighted by Gasteiger charge is 2.15. The van der Waals surface area contributed by atoms with Crippen molar-refractivity contribution in [2.75, 3.05) is 7.11 Å². The number of benzene rings is 3. The summed E-state index contributed by atoms with van der Waals surface area (Å²) in [6.45, 7) is 2.00. The predicted octanol–water partition coefficient (Wildman–Crippen LogP) is 5.67. The average molecular weight is 467 g/mol. The van der Waals surface area contributed by atoms with Gasteiger partial charge in [-0.1, -0.05) is 37.3 Å². The van der Waals surface area contributed by atoms with Crippen molar-refractivity contribution in [3.05, 3.63) is 99.9 Å². The summed E-state index contributed by atoms with van der Waals surface area (Å²) in [4.78, 5) is 25.5. The molecule has 35 heavy (non-hydrogen) atoms. The molecule has 0 unspecified atom stereocenters. The van der Waals surface area contributed by atoms with Gasteiger partial charge in [0, 0.05) is 6.07 Å². The molecule has 0 amide bonds. The fourth-order valence-electron chi connectivity index (χ4n) is 3.40. The summed E-state index contributed by atoms with van der Waals surface area (Å²) in [5.74, 6) is 0.592. The molecule has 4 aromatic rings. The first-order chi connectivity index (χ1) is 17.0. The summed E-state index contributed by atoms with van der Waals surface area (Å²) < 4.78 is 21.8. The summed E-state index contributed by atoms with van der Waals surface area (Å²) in [5, 5.41) is 9.69. The van der Waals surface area contributed by atoms with Crippen LogP contribution in [0, 0.1) is 11.3 Å². The van der Waals surface area contributed by atoms with Gasteiger partial charge < -0.3 is 18.6 Å². The molecule has 174 valence electrons. The van der Waals surface area contributed by atoms with Crippen molar-refractivity contribution < 1.29 is 23.4 Å². The van der Waals surface area contributed by atoms with E-state index in [9.17, 15) is 14.9 Å². The van der Waals surface area contributed by atoms with Crippen LogP contribution in [0.1, 0.15) is 18.1 Å². The topological polar surface area (TPSA) is 98.8 Å². The average Bonchev–Trinajstić information content (AvgIpc) is 2.89. The van der Waals surface area contributed by atoms with Gasteiger partial charge in [0.2, 0.25) is 11.2 Å². The van der Waals surface area contributed by atoms with Crippen LogP contribution < -0.4 is 19.6 Å². The molecule has 0 saturated carbocycles. The van der Waals surface area contributed by atoms with Gasteiger partial charge in [0.15, 0.2) is 0 Å². The maximum Gasteiger partial charge on any atom is 0.354 e. The lowest BCUT2D eigenvalue weighted by Gasteiger charge is -2.10. The van der Waals surface area contributed by atoms with Gasteiger partial charge in [0.05, 0.1) is 12.5 Å². The van der Waals surface area contributed by atoms with E-state index in [-0.39, 0.29) is 33.5 Å². The Morgan fingerprint density at radius 3 is 2.49 bits per heavy atom. The molecule has 0 aliphatic carbocycles. The van der Waals surface area contributed by atoms with Crippen LogP contribution >= 0.6 is 0 Å². The quantitative estimate of drug-likeness (QED) is 0.149. The van der Waals surface area contributed by atoms with E-state index in [1.165, 1.54) is 30.5 Å². The van der Waals surface area contributed by atoms with Crippen molar-refractivity contribution in [1.82, 2.24) is 0 Å². The van der Waals surface area contributed by atoms with Gasteiger partial charge in [-0.05, 0) is 54.0 Å². The molecule has 4 rings (SSSR count). The molecule has 0 atom stereocenters. The number of fused-ring (bicyclic) bond motifs is 1. The molecule has 0 fully saturated rings. The van der Waals surface area contributed by atoms with Gasteiger partial charge in [-0.3, -0.25) is 4.79 Å². The zero-order valence-corrected chi connectivity index (χ0v) is 19.1. The van der Waals surface area contributed by atoms with Crippen molar-refractivity contribution in [3.63, 3.8) is 0 Å². The number of carbonyl (C=O) groups excluding carboxylic acids is 1. The highest BCUT2D eigenvalue weighted by atomic mass is 16.5. The van der Waals surface area contributed by atoms with Gasteiger partial charge in [-0.25, -0.2) is 4.79 Å². The maximum atomic E-state index is 12.9. The van der Waals surface area contributed by atoms with Gasteiger partial charge >= 0.3 is 5.97 Å². The molecule has 1 heterocycles. The SMILES string of the molecule is CCc1ccccc1Oc1coc2cc(OC(=O)C(C#N)=Cc3ccc(OC)cc3)ccc2c1=O. The molecular formula is C28H21NO6. The Bertz CT molecular complexity index is 1510. The Morgan fingerprint density at radius 2 is 1.77 bits per heavy atom. The Morgan fingerprint density at radius 1 is 1.03 bits per heavy atom. The Balaban J connectivity index is 1.56. The van der Waals surface area contributed by atoms with Crippen molar-refractivity contribution in [2.24, 2.45) is 0 Å². The number of ether oxygens (including phenoxy) is 3. The Kier molecular flexibility index (Phi) is 6.94. The van der Waals surface area contributed by atoms with E-state index < -0.39 is 5.97 Å². The Labute approximate surface area is 201 Å². The van der Waals surface area contributed by atoms with Crippen LogP contribution in [-0.4, -0.2) is 13.1 Å². The van der Waals surface area contributed by atoms with E-state index in [1.807, 2.05) is 31.2 Å². The van der Waals surface area contributed by atoms with E-state index in [4.69, 9.17) is 18.6 Å². The van der Waals surface area contributed by atoms with Crippen molar-refractivity contribution in [2.45, 2.75) is 13.3 Å². The van der Waals surface area contributed by atoms with Gasteiger partial charge in [-0.2, -0.15) is 5.26 Å². The molecule has 3 aromatic carbocycles.